The second-order valence-electron chi connectivity index (χ2n) is 4.73. The highest BCUT2D eigenvalue weighted by molar-refractivity contribution is 5.36. The van der Waals surface area contributed by atoms with Crippen molar-refractivity contribution in [1.29, 1.82) is 0 Å². The van der Waals surface area contributed by atoms with E-state index in [-0.39, 0.29) is 0 Å². The van der Waals surface area contributed by atoms with E-state index in [1.54, 1.807) is 12.4 Å². The maximum atomic E-state index is 4.35. The fraction of sp³-hybridized carbons (Fsp3) is 0.357. The molecule has 0 amide bonds. The first-order chi connectivity index (χ1) is 8.92. The number of pyridine rings is 1. The third-order valence-electron chi connectivity index (χ3n) is 3.41. The Hall–Kier alpha value is -1.97. The number of nitrogens with zero attached hydrogens (tertiary/aromatic N) is 4. The van der Waals surface area contributed by atoms with Gasteiger partial charge in [-0.2, -0.15) is 0 Å². The van der Waals surface area contributed by atoms with Crippen LogP contribution in [0.5, 0.6) is 0 Å². The summed E-state index contributed by atoms with van der Waals surface area (Å²) in [6.07, 6.45) is 11.4. The minimum atomic E-state index is 0.691. The van der Waals surface area contributed by atoms with Crippen LogP contribution in [0.2, 0.25) is 0 Å². The molecule has 3 heterocycles. The SMILES string of the molecule is c1cncc(CC2CCN(c3cnccn3)C2)c1. The Balaban J connectivity index is 1.62. The molecule has 0 aliphatic carbocycles. The van der Waals surface area contributed by atoms with E-state index in [2.05, 4.69) is 25.9 Å². The van der Waals surface area contributed by atoms with Gasteiger partial charge in [-0.25, -0.2) is 4.98 Å². The molecule has 18 heavy (non-hydrogen) atoms. The molecule has 0 radical (unpaired) electrons. The smallest absolute Gasteiger partial charge is 0.147 e. The molecule has 1 atom stereocenters. The molecule has 3 rings (SSSR count). The fourth-order valence-corrected chi connectivity index (χ4v) is 2.51. The molecule has 0 saturated carbocycles. The molecule has 92 valence electrons. The first kappa shape index (κ1) is 11.1. The topological polar surface area (TPSA) is 41.9 Å². The molecule has 4 heteroatoms. The van der Waals surface area contributed by atoms with Gasteiger partial charge in [-0.3, -0.25) is 9.97 Å². The third kappa shape index (κ3) is 2.47. The van der Waals surface area contributed by atoms with Crippen LogP contribution in [0.3, 0.4) is 0 Å². The molecule has 4 nitrogen and oxygen atoms in total. The third-order valence-corrected chi connectivity index (χ3v) is 3.41. The lowest BCUT2D eigenvalue weighted by Crippen LogP contribution is -2.21. The van der Waals surface area contributed by atoms with E-state index in [1.807, 2.05) is 24.7 Å². The highest BCUT2D eigenvalue weighted by Gasteiger charge is 2.23. The van der Waals surface area contributed by atoms with E-state index < -0.39 is 0 Å². The maximum absolute atomic E-state index is 4.35. The minimum absolute atomic E-state index is 0.691. The van der Waals surface area contributed by atoms with Crippen LogP contribution in [-0.2, 0) is 6.42 Å². The summed E-state index contributed by atoms with van der Waals surface area (Å²) in [6.45, 7) is 2.14. The molecule has 2 aromatic rings. The quantitative estimate of drug-likeness (QED) is 0.822. The van der Waals surface area contributed by atoms with Crippen LogP contribution >= 0.6 is 0 Å². The Bertz CT molecular complexity index is 486. The molecule has 1 saturated heterocycles. The number of hydrogen-bond donors (Lipinski definition) is 0. The number of rotatable bonds is 3. The van der Waals surface area contributed by atoms with E-state index in [4.69, 9.17) is 0 Å². The lowest BCUT2D eigenvalue weighted by molar-refractivity contribution is 0.585. The summed E-state index contributed by atoms with van der Waals surface area (Å²) in [4.78, 5) is 15.0. The zero-order valence-electron chi connectivity index (χ0n) is 10.2. The molecular weight excluding hydrogens is 224 g/mol. The van der Waals surface area contributed by atoms with Crippen molar-refractivity contribution in [2.45, 2.75) is 12.8 Å². The van der Waals surface area contributed by atoms with E-state index in [0.717, 1.165) is 25.3 Å². The van der Waals surface area contributed by atoms with Crippen LogP contribution in [0.15, 0.2) is 43.1 Å². The van der Waals surface area contributed by atoms with Crippen molar-refractivity contribution < 1.29 is 0 Å². The summed E-state index contributed by atoms with van der Waals surface area (Å²) in [5.41, 5.74) is 1.32. The highest BCUT2D eigenvalue weighted by atomic mass is 15.2. The van der Waals surface area contributed by atoms with E-state index in [1.165, 1.54) is 12.0 Å². The van der Waals surface area contributed by atoms with Crippen LogP contribution in [0, 0.1) is 5.92 Å². The van der Waals surface area contributed by atoms with Crippen LogP contribution < -0.4 is 4.90 Å². The van der Waals surface area contributed by atoms with Crippen molar-refractivity contribution in [1.82, 2.24) is 15.0 Å². The van der Waals surface area contributed by atoms with Gasteiger partial charge < -0.3 is 4.90 Å². The molecule has 0 aromatic carbocycles. The zero-order valence-corrected chi connectivity index (χ0v) is 10.2. The first-order valence-electron chi connectivity index (χ1n) is 6.31. The molecule has 1 aliphatic rings. The predicted octanol–water partition coefficient (Wildman–Crippen LogP) is 1.94. The average molecular weight is 240 g/mol. The van der Waals surface area contributed by atoms with Gasteiger partial charge in [0.15, 0.2) is 0 Å². The highest BCUT2D eigenvalue weighted by Crippen LogP contribution is 2.23. The first-order valence-corrected chi connectivity index (χ1v) is 6.31. The van der Waals surface area contributed by atoms with Gasteiger partial charge in [0.05, 0.1) is 6.20 Å². The monoisotopic (exact) mass is 240 g/mol. The second kappa shape index (κ2) is 5.12. The van der Waals surface area contributed by atoms with E-state index >= 15 is 0 Å². The number of hydrogen-bond acceptors (Lipinski definition) is 4. The van der Waals surface area contributed by atoms with Gasteiger partial charge in [0, 0.05) is 37.9 Å². The van der Waals surface area contributed by atoms with Crippen molar-refractivity contribution >= 4 is 5.82 Å². The van der Waals surface area contributed by atoms with Crippen LogP contribution in [0.1, 0.15) is 12.0 Å². The van der Waals surface area contributed by atoms with E-state index in [0.29, 0.717) is 5.92 Å². The maximum Gasteiger partial charge on any atom is 0.147 e. The van der Waals surface area contributed by atoms with Crippen molar-refractivity contribution in [2.75, 3.05) is 18.0 Å². The summed E-state index contributed by atoms with van der Waals surface area (Å²) in [6, 6.07) is 4.16. The Morgan fingerprint density at radius 3 is 2.89 bits per heavy atom. The van der Waals surface area contributed by atoms with Gasteiger partial charge in [-0.1, -0.05) is 6.07 Å². The molecule has 0 spiro atoms. The molecule has 1 unspecified atom stereocenters. The second-order valence-corrected chi connectivity index (χ2v) is 4.73. The summed E-state index contributed by atoms with van der Waals surface area (Å²) < 4.78 is 0. The van der Waals surface area contributed by atoms with Gasteiger partial charge in [-0.05, 0) is 30.4 Å². The molecule has 1 aliphatic heterocycles. The van der Waals surface area contributed by atoms with E-state index in [9.17, 15) is 0 Å². The summed E-state index contributed by atoms with van der Waals surface area (Å²) in [5.74, 6) is 1.68. The molecule has 0 bridgehead atoms. The zero-order chi connectivity index (χ0) is 12.2. The summed E-state index contributed by atoms with van der Waals surface area (Å²) in [5, 5.41) is 0. The van der Waals surface area contributed by atoms with Gasteiger partial charge in [-0.15, -0.1) is 0 Å². The average Bonchev–Trinajstić information content (AvgIpc) is 2.89. The molecule has 2 aromatic heterocycles. The van der Waals surface area contributed by atoms with Gasteiger partial charge in [0.1, 0.15) is 5.82 Å². The lowest BCUT2D eigenvalue weighted by Gasteiger charge is -2.16. The number of aromatic nitrogens is 3. The van der Waals surface area contributed by atoms with Gasteiger partial charge in [0.2, 0.25) is 0 Å². The Morgan fingerprint density at radius 2 is 2.11 bits per heavy atom. The van der Waals surface area contributed by atoms with Crippen molar-refractivity contribution in [3.63, 3.8) is 0 Å². The standard InChI is InChI=1S/C14H16N4/c1-2-12(9-15-4-1)8-13-3-7-18(11-13)14-10-16-5-6-17-14/h1-2,4-6,9-10,13H,3,7-8,11H2. The normalized spacial score (nSPS) is 19.1. The van der Waals surface area contributed by atoms with Crippen LogP contribution in [0.4, 0.5) is 5.82 Å². The molecule has 0 N–H and O–H groups in total. The van der Waals surface area contributed by atoms with Crippen molar-refractivity contribution in [2.24, 2.45) is 5.92 Å². The van der Waals surface area contributed by atoms with Crippen molar-refractivity contribution in [3.8, 4) is 0 Å². The Morgan fingerprint density at radius 1 is 1.17 bits per heavy atom. The van der Waals surface area contributed by atoms with Gasteiger partial charge >= 0.3 is 0 Å². The molecule has 1 fully saturated rings. The Labute approximate surface area is 107 Å². The predicted molar refractivity (Wildman–Crippen MR) is 70.3 cm³/mol. The Kier molecular flexibility index (Phi) is 3.17. The molecular formula is C14H16N4. The lowest BCUT2D eigenvalue weighted by atomic mass is 10.0. The summed E-state index contributed by atoms with van der Waals surface area (Å²) >= 11 is 0. The summed E-state index contributed by atoms with van der Waals surface area (Å²) in [7, 11) is 0. The largest absolute Gasteiger partial charge is 0.355 e. The minimum Gasteiger partial charge on any atom is -0.355 e. The van der Waals surface area contributed by atoms with Crippen LogP contribution in [0.25, 0.3) is 0 Å². The van der Waals surface area contributed by atoms with Crippen molar-refractivity contribution in [3.05, 3.63) is 48.7 Å². The van der Waals surface area contributed by atoms with Crippen LogP contribution in [-0.4, -0.2) is 28.0 Å². The fourth-order valence-electron chi connectivity index (χ4n) is 2.51. The van der Waals surface area contributed by atoms with Gasteiger partial charge in [0.25, 0.3) is 0 Å². The number of anilines is 1.